The molecule has 0 spiro atoms. The molecule has 1 amide bonds. The largest absolute Gasteiger partial charge is 0.467 e. The van der Waals surface area contributed by atoms with Gasteiger partial charge in [0, 0.05) is 30.8 Å². The van der Waals surface area contributed by atoms with E-state index >= 15 is 0 Å². The fraction of sp³-hybridized carbons (Fsp3) is 0.391. The number of furan rings is 1. The SMILES string of the molecule is O=C(c1nn(CC2CC2)c2c1COCC2)N(Cc1ccccc1)Cc1ccco1. The summed E-state index contributed by atoms with van der Waals surface area (Å²) in [7, 11) is 0. The summed E-state index contributed by atoms with van der Waals surface area (Å²) in [6, 6.07) is 13.8. The van der Waals surface area contributed by atoms with Crippen LogP contribution in [0.1, 0.15) is 45.9 Å². The average Bonchev–Trinajstić information content (AvgIpc) is 3.28. The Balaban J connectivity index is 1.46. The molecule has 0 saturated heterocycles. The Bertz CT molecular complexity index is 974. The molecule has 0 radical (unpaired) electrons. The van der Waals surface area contributed by atoms with Gasteiger partial charge in [0.05, 0.1) is 26.0 Å². The molecule has 0 unspecified atom stereocenters. The zero-order chi connectivity index (χ0) is 19.6. The zero-order valence-corrected chi connectivity index (χ0v) is 16.4. The van der Waals surface area contributed by atoms with Gasteiger partial charge in [-0.2, -0.15) is 5.10 Å². The van der Waals surface area contributed by atoms with Crippen LogP contribution in [0.25, 0.3) is 0 Å². The van der Waals surface area contributed by atoms with Crippen molar-refractivity contribution in [1.29, 1.82) is 0 Å². The first kappa shape index (κ1) is 18.2. The van der Waals surface area contributed by atoms with Crippen molar-refractivity contribution >= 4 is 5.91 Å². The molecule has 0 atom stereocenters. The molecule has 3 aromatic rings. The Hall–Kier alpha value is -2.86. The highest BCUT2D eigenvalue weighted by atomic mass is 16.5. The van der Waals surface area contributed by atoms with Gasteiger partial charge in [0.15, 0.2) is 5.69 Å². The standard InChI is InChI=1S/C23H25N3O3/c27-23(22-20-16-28-12-10-21(20)26(24-22)14-18-8-9-18)25(15-19-7-4-11-29-19)13-17-5-2-1-3-6-17/h1-7,11,18H,8-10,12-16H2. The normalized spacial score (nSPS) is 15.9. The van der Waals surface area contributed by atoms with Crippen molar-refractivity contribution < 1.29 is 13.9 Å². The molecule has 0 bridgehead atoms. The van der Waals surface area contributed by atoms with Crippen molar-refractivity contribution in [3.63, 3.8) is 0 Å². The van der Waals surface area contributed by atoms with E-state index in [9.17, 15) is 4.79 Å². The highest BCUT2D eigenvalue weighted by Gasteiger charge is 2.31. The van der Waals surface area contributed by atoms with Gasteiger partial charge in [-0.1, -0.05) is 30.3 Å². The van der Waals surface area contributed by atoms with E-state index in [0.717, 1.165) is 29.9 Å². The van der Waals surface area contributed by atoms with Crippen LogP contribution >= 0.6 is 0 Å². The molecule has 150 valence electrons. The van der Waals surface area contributed by atoms with Gasteiger partial charge >= 0.3 is 0 Å². The molecule has 0 N–H and O–H groups in total. The maximum Gasteiger partial charge on any atom is 0.275 e. The molecular formula is C23H25N3O3. The van der Waals surface area contributed by atoms with E-state index in [1.165, 1.54) is 18.5 Å². The second-order valence-electron chi connectivity index (χ2n) is 7.93. The third-order valence-corrected chi connectivity index (χ3v) is 5.66. The van der Waals surface area contributed by atoms with E-state index < -0.39 is 0 Å². The molecule has 2 aromatic heterocycles. The van der Waals surface area contributed by atoms with Crippen LogP contribution in [-0.4, -0.2) is 27.2 Å². The Kier molecular flexibility index (Phi) is 4.94. The summed E-state index contributed by atoms with van der Waals surface area (Å²) >= 11 is 0. The first-order valence-electron chi connectivity index (χ1n) is 10.3. The van der Waals surface area contributed by atoms with E-state index in [1.54, 1.807) is 6.26 Å². The van der Waals surface area contributed by atoms with Crippen molar-refractivity contribution in [2.24, 2.45) is 5.92 Å². The minimum atomic E-state index is -0.0680. The van der Waals surface area contributed by atoms with E-state index in [-0.39, 0.29) is 5.91 Å². The minimum absolute atomic E-state index is 0.0680. The molecule has 6 nitrogen and oxygen atoms in total. The first-order valence-corrected chi connectivity index (χ1v) is 10.3. The third kappa shape index (κ3) is 3.98. The molecule has 1 fully saturated rings. The summed E-state index contributed by atoms with van der Waals surface area (Å²) in [6.07, 6.45) is 4.97. The van der Waals surface area contributed by atoms with Crippen LogP contribution in [0.3, 0.4) is 0 Å². The number of fused-ring (bicyclic) bond motifs is 1. The topological polar surface area (TPSA) is 60.5 Å². The van der Waals surface area contributed by atoms with Crippen molar-refractivity contribution in [2.45, 2.75) is 45.5 Å². The van der Waals surface area contributed by atoms with E-state index in [1.807, 2.05) is 47.4 Å². The van der Waals surface area contributed by atoms with Gasteiger partial charge in [-0.25, -0.2) is 0 Å². The van der Waals surface area contributed by atoms with Crippen LogP contribution in [0.2, 0.25) is 0 Å². The number of hydrogen-bond donors (Lipinski definition) is 0. The number of nitrogens with zero attached hydrogens (tertiary/aromatic N) is 3. The predicted octanol–water partition coefficient (Wildman–Crippen LogP) is 3.80. The third-order valence-electron chi connectivity index (χ3n) is 5.66. The van der Waals surface area contributed by atoms with Gasteiger partial charge in [-0.05, 0) is 36.5 Å². The zero-order valence-electron chi connectivity index (χ0n) is 16.4. The molecule has 1 aliphatic heterocycles. The fourth-order valence-electron chi connectivity index (χ4n) is 3.92. The lowest BCUT2D eigenvalue weighted by atomic mass is 10.1. The van der Waals surface area contributed by atoms with Crippen LogP contribution in [0, 0.1) is 5.92 Å². The summed E-state index contributed by atoms with van der Waals surface area (Å²) in [5, 5.41) is 4.78. The number of aromatic nitrogens is 2. The van der Waals surface area contributed by atoms with Crippen LogP contribution in [-0.2, 0) is 37.4 Å². The molecule has 3 heterocycles. The van der Waals surface area contributed by atoms with Gasteiger partial charge in [-0.15, -0.1) is 0 Å². The van der Waals surface area contributed by atoms with Crippen molar-refractivity contribution in [3.05, 3.63) is 77.0 Å². The smallest absolute Gasteiger partial charge is 0.275 e. The number of carbonyl (C=O) groups excluding carboxylic acids is 1. The van der Waals surface area contributed by atoms with Gasteiger partial charge in [0.25, 0.3) is 5.91 Å². The Morgan fingerprint density at radius 1 is 1.14 bits per heavy atom. The second-order valence-corrected chi connectivity index (χ2v) is 7.93. The summed E-state index contributed by atoms with van der Waals surface area (Å²) < 4.78 is 13.3. The Morgan fingerprint density at radius 3 is 2.76 bits per heavy atom. The molecule has 5 rings (SSSR count). The Labute approximate surface area is 170 Å². The quantitative estimate of drug-likeness (QED) is 0.615. The number of hydrogen-bond acceptors (Lipinski definition) is 4. The number of benzene rings is 1. The lowest BCUT2D eigenvalue weighted by Gasteiger charge is -2.22. The van der Waals surface area contributed by atoms with E-state index in [4.69, 9.17) is 14.3 Å². The lowest BCUT2D eigenvalue weighted by Crippen LogP contribution is -2.31. The molecular weight excluding hydrogens is 366 g/mol. The van der Waals surface area contributed by atoms with Gasteiger partial charge in [0.1, 0.15) is 5.76 Å². The van der Waals surface area contributed by atoms with Crippen molar-refractivity contribution in [3.8, 4) is 0 Å². The van der Waals surface area contributed by atoms with E-state index in [0.29, 0.717) is 37.9 Å². The molecule has 2 aliphatic rings. The summed E-state index contributed by atoms with van der Waals surface area (Å²) in [5.41, 5.74) is 3.74. The Morgan fingerprint density at radius 2 is 2.00 bits per heavy atom. The fourth-order valence-corrected chi connectivity index (χ4v) is 3.92. The van der Waals surface area contributed by atoms with Gasteiger partial charge in [-0.3, -0.25) is 9.48 Å². The second kappa shape index (κ2) is 7.87. The van der Waals surface area contributed by atoms with Crippen molar-refractivity contribution in [1.82, 2.24) is 14.7 Å². The highest BCUT2D eigenvalue weighted by molar-refractivity contribution is 5.94. The van der Waals surface area contributed by atoms with Crippen molar-refractivity contribution in [2.75, 3.05) is 6.61 Å². The predicted molar refractivity (Wildman–Crippen MR) is 107 cm³/mol. The summed E-state index contributed by atoms with van der Waals surface area (Å²) in [5.74, 6) is 1.40. The molecule has 1 aliphatic carbocycles. The molecule has 1 aromatic carbocycles. The monoisotopic (exact) mass is 391 g/mol. The maximum atomic E-state index is 13.6. The average molecular weight is 391 g/mol. The highest BCUT2D eigenvalue weighted by Crippen LogP contribution is 2.32. The number of carbonyl (C=O) groups is 1. The molecule has 6 heteroatoms. The van der Waals surface area contributed by atoms with E-state index in [2.05, 4.69) is 4.68 Å². The van der Waals surface area contributed by atoms with Crippen LogP contribution in [0.4, 0.5) is 0 Å². The molecule has 1 saturated carbocycles. The van der Waals surface area contributed by atoms with Crippen LogP contribution in [0.5, 0.6) is 0 Å². The first-order chi connectivity index (χ1) is 14.3. The van der Waals surface area contributed by atoms with Crippen LogP contribution in [0.15, 0.2) is 53.1 Å². The lowest BCUT2D eigenvalue weighted by molar-refractivity contribution is 0.0699. The minimum Gasteiger partial charge on any atom is -0.467 e. The molecule has 29 heavy (non-hydrogen) atoms. The van der Waals surface area contributed by atoms with Gasteiger partial charge in [0.2, 0.25) is 0 Å². The summed E-state index contributed by atoms with van der Waals surface area (Å²) in [4.78, 5) is 15.4. The number of rotatable bonds is 7. The van der Waals surface area contributed by atoms with Gasteiger partial charge < -0.3 is 14.1 Å². The summed E-state index contributed by atoms with van der Waals surface area (Å²) in [6.45, 7) is 2.97. The van der Waals surface area contributed by atoms with Crippen LogP contribution < -0.4 is 0 Å². The number of ether oxygens (including phenoxy) is 1. The number of amides is 1. The maximum absolute atomic E-state index is 13.6.